The van der Waals surface area contributed by atoms with E-state index in [2.05, 4.69) is 13.2 Å². The standard InChI is InChI=1S/C25H25NO7/c1-3-8-32-16-7-5-6-13-10-14-11-15-12-17(33-9-4-2)20(24(26)30)23(29)25(15,31)22(28)19(14)21(27)18(13)16/h3-7,14-15,19,31H,1-2,8-12H2,(H2,26,30)/t14-,15-,19?,25-/m0/s1. The summed E-state index contributed by atoms with van der Waals surface area (Å²) in [6, 6.07) is 5.22. The van der Waals surface area contributed by atoms with Gasteiger partial charge in [-0.25, -0.2) is 0 Å². The van der Waals surface area contributed by atoms with Crippen LogP contribution in [0.5, 0.6) is 5.75 Å². The van der Waals surface area contributed by atoms with Crippen molar-refractivity contribution in [3.63, 3.8) is 0 Å². The Hall–Kier alpha value is -3.52. The Kier molecular flexibility index (Phi) is 5.80. The maximum absolute atomic E-state index is 13.6. The van der Waals surface area contributed by atoms with Crippen LogP contribution in [0.2, 0.25) is 0 Å². The van der Waals surface area contributed by atoms with Crippen molar-refractivity contribution in [3.05, 3.63) is 66.0 Å². The number of ketones is 3. The molecule has 3 N–H and O–H groups in total. The smallest absolute Gasteiger partial charge is 0.255 e. The zero-order valence-electron chi connectivity index (χ0n) is 18.0. The Balaban J connectivity index is 1.76. The first-order valence-corrected chi connectivity index (χ1v) is 10.7. The van der Waals surface area contributed by atoms with Crippen LogP contribution in [0.4, 0.5) is 0 Å². The summed E-state index contributed by atoms with van der Waals surface area (Å²) in [5.41, 5.74) is 3.37. The topological polar surface area (TPSA) is 133 Å². The molecule has 0 aromatic heterocycles. The van der Waals surface area contributed by atoms with E-state index in [1.807, 2.05) is 6.07 Å². The highest BCUT2D eigenvalue weighted by molar-refractivity contribution is 6.32. The van der Waals surface area contributed by atoms with Crippen molar-refractivity contribution in [2.45, 2.75) is 24.9 Å². The molecule has 0 radical (unpaired) electrons. The molecule has 0 heterocycles. The third kappa shape index (κ3) is 3.41. The molecule has 1 aromatic carbocycles. The van der Waals surface area contributed by atoms with Gasteiger partial charge in [0.2, 0.25) is 5.78 Å². The van der Waals surface area contributed by atoms with Crippen LogP contribution in [0.25, 0.3) is 0 Å². The summed E-state index contributed by atoms with van der Waals surface area (Å²) in [6.07, 6.45) is 3.61. The average Bonchev–Trinajstić information content (AvgIpc) is 2.78. The fourth-order valence-electron chi connectivity index (χ4n) is 5.30. The van der Waals surface area contributed by atoms with Crippen LogP contribution >= 0.6 is 0 Å². The van der Waals surface area contributed by atoms with Gasteiger partial charge in [-0.15, -0.1) is 0 Å². The summed E-state index contributed by atoms with van der Waals surface area (Å²) in [5, 5.41) is 11.4. The molecule has 3 aliphatic carbocycles. The number of nitrogens with two attached hydrogens (primary N) is 1. The Morgan fingerprint density at radius 2 is 1.85 bits per heavy atom. The van der Waals surface area contributed by atoms with E-state index >= 15 is 0 Å². The predicted molar refractivity (Wildman–Crippen MR) is 117 cm³/mol. The lowest BCUT2D eigenvalue weighted by atomic mass is 9.55. The van der Waals surface area contributed by atoms with E-state index in [4.69, 9.17) is 15.2 Å². The molecule has 1 unspecified atom stereocenters. The van der Waals surface area contributed by atoms with Gasteiger partial charge in [-0.1, -0.05) is 37.4 Å². The van der Waals surface area contributed by atoms with Crippen molar-refractivity contribution in [1.82, 2.24) is 0 Å². The summed E-state index contributed by atoms with van der Waals surface area (Å²) in [7, 11) is 0. The van der Waals surface area contributed by atoms with E-state index in [9.17, 15) is 24.3 Å². The first-order chi connectivity index (χ1) is 15.7. The molecule has 8 nitrogen and oxygen atoms in total. The molecule has 0 bridgehead atoms. The molecule has 0 aliphatic heterocycles. The second kappa shape index (κ2) is 8.44. The minimum Gasteiger partial charge on any atom is -0.493 e. The first-order valence-electron chi connectivity index (χ1n) is 10.7. The van der Waals surface area contributed by atoms with Crippen LogP contribution < -0.4 is 10.5 Å². The average molecular weight is 451 g/mol. The van der Waals surface area contributed by atoms with Crippen LogP contribution in [-0.2, 0) is 25.5 Å². The number of fused-ring (bicyclic) bond motifs is 3. The third-order valence-corrected chi connectivity index (χ3v) is 6.69. The molecule has 172 valence electrons. The highest BCUT2D eigenvalue weighted by Gasteiger charge is 2.64. The van der Waals surface area contributed by atoms with E-state index in [1.54, 1.807) is 18.2 Å². The normalized spacial score (nSPS) is 28.4. The van der Waals surface area contributed by atoms with Crippen LogP contribution in [0.3, 0.4) is 0 Å². The minimum absolute atomic E-state index is 0.0210. The van der Waals surface area contributed by atoms with Crippen molar-refractivity contribution in [3.8, 4) is 5.75 Å². The zero-order chi connectivity index (χ0) is 23.9. The van der Waals surface area contributed by atoms with Gasteiger partial charge in [-0.05, 0) is 30.4 Å². The number of rotatable bonds is 7. The third-order valence-electron chi connectivity index (χ3n) is 6.69. The lowest BCUT2D eigenvalue weighted by Gasteiger charge is -2.48. The SMILES string of the molecule is C=CCOC1=C(C(N)=O)C(=O)[C@@]2(O)C(=O)C3C(=O)c4c(cccc4OCC=C)C[C@H]3C[C@H]2C1. The van der Waals surface area contributed by atoms with Gasteiger partial charge in [-0.2, -0.15) is 0 Å². The Labute approximate surface area is 190 Å². The Bertz CT molecular complexity index is 1120. The molecule has 4 atom stereocenters. The quantitative estimate of drug-likeness (QED) is 0.364. The van der Waals surface area contributed by atoms with Gasteiger partial charge in [0.1, 0.15) is 30.3 Å². The number of ether oxygens (including phenoxy) is 2. The highest BCUT2D eigenvalue weighted by atomic mass is 16.5. The summed E-state index contributed by atoms with van der Waals surface area (Å²) in [6.45, 7) is 7.35. The van der Waals surface area contributed by atoms with Gasteiger partial charge in [0.25, 0.3) is 5.91 Å². The molecule has 0 saturated heterocycles. The molecule has 1 aromatic rings. The number of Topliss-reactive ketones (excluding diaryl/α,β-unsaturated/α-hetero) is 3. The number of aliphatic hydroxyl groups is 1. The van der Waals surface area contributed by atoms with Crippen LogP contribution in [-0.4, -0.2) is 47.2 Å². The summed E-state index contributed by atoms with van der Waals surface area (Å²) in [4.78, 5) is 52.4. The lowest BCUT2D eigenvalue weighted by Crippen LogP contribution is -2.65. The van der Waals surface area contributed by atoms with Crippen molar-refractivity contribution in [2.75, 3.05) is 13.2 Å². The number of primary amides is 1. The molecule has 3 aliphatic rings. The van der Waals surface area contributed by atoms with E-state index in [-0.39, 0.29) is 37.4 Å². The van der Waals surface area contributed by atoms with E-state index in [0.29, 0.717) is 12.2 Å². The molecular formula is C25H25NO7. The lowest BCUT2D eigenvalue weighted by molar-refractivity contribution is -0.166. The van der Waals surface area contributed by atoms with Gasteiger partial charge < -0.3 is 20.3 Å². The molecule has 1 amide bonds. The largest absolute Gasteiger partial charge is 0.493 e. The van der Waals surface area contributed by atoms with Gasteiger partial charge in [-0.3, -0.25) is 19.2 Å². The molecule has 33 heavy (non-hydrogen) atoms. The van der Waals surface area contributed by atoms with Gasteiger partial charge in [0.05, 0.1) is 11.5 Å². The maximum atomic E-state index is 13.6. The van der Waals surface area contributed by atoms with Crippen molar-refractivity contribution in [1.29, 1.82) is 0 Å². The molecule has 1 fully saturated rings. The number of allylic oxidation sites excluding steroid dienone is 1. The molecular weight excluding hydrogens is 426 g/mol. The highest BCUT2D eigenvalue weighted by Crippen LogP contribution is 2.50. The fourth-order valence-corrected chi connectivity index (χ4v) is 5.30. The molecule has 0 spiro atoms. The minimum atomic E-state index is -2.52. The Morgan fingerprint density at radius 1 is 1.15 bits per heavy atom. The number of hydrogen-bond donors (Lipinski definition) is 2. The van der Waals surface area contributed by atoms with Gasteiger partial charge in [0, 0.05) is 12.3 Å². The number of carbonyl (C=O) groups excluding carboxylic acids is 4. The van der Waals surface area contributed by atoms with Crippen molar-refractivity contribution in [2.24, 2.45) is 23.5 Å². The Morgan fingerprint density at radius 3 is 2.52 bits per heavy atom. The second-order valence-electron chi connectivity index (χ2n) is 8.55. The maximum Gasteiger partial charge on any atom is 0.255 e. The number of benzene rings is 1. The summed E-state index contributed by atoms with van der Waals surface area (Å²) < 4.78 is 11.1. The molecule has 1 saturated carbocycles. The monoisotopic (exact) mass is 451 g/mol. The fraction of sp³-hybridized carbons (Fsp3) is 0.360. The van der Waals surface area contributed by atoms with Gasteiger partial charge in [0.15, 0.2) is 17.2 Å². The van der Waals surface area contributed by atoms with Gasteiger partial charge >= 0.3 is 0 Å². The number of hydrogen-bond acceptors (Lipinski definition) is 7. The number of carbonyl (C=O) groups is 4. The predicted octanol–water partition coefficient (Wildman–Crippen LogP) is 1.46. The first kappa shape index (κ1) is 22.7. The van der Waals surface area contributed by atoms with Crippen molar-refractivity contribution < 1.29 is 33.8 Å². The van der Waals surface area contributed by atoms with Crippen LogP contribution in [0.1, 0.15) is 28.8 Å². The summed E-state index contributed by atoms with van der Waals surface area (Å²) >= 11 is 0. The van der Waals surface area contributed by atoms with Crippen molar-refractivity contribution >= 4 is 23.3 Å². The van der Waals surface area contributed by atoms with Crippen LogP contribution in [0.15, 0.2) is 54.8 Å². The molecule has 4 rings (SSSR count). The zero-order valence-corrected chi connectivity index (χ0v) is 18.0. The summed E-state index contributed by atoms with van der Waals surface area (Å²) in [5.74, 6) is -5.70. The van der Waals surface area contributed by atoms with Crippen LogP contribution in [0, 0.1) is 17.8 Å². The molecule has 8 heteroatoms. The van der Waals surface area contributed by atoms with E-state index in [1.165, 1.54) is 6.08 Å². The van der Waals surface area contributed by atoms with E-state index in [0.717, 1.165) is 5.56 Å². The second-order valence-corrected chi connectivity index (χ2v) is 8.55. The van der Waals surface area contributed by atoms with E-state index < -0.39 is 52.2 Å². The number of amides is 1.